The van der Waals surface area contributed by atoms with Crippen molar-refractivity contribution < 1.29 is 26.0 Å². The van der Waals surface area contributed by atoms with Crippen molar-refractivity contribution in [2.24, 2.45) is 0 Å². The molecule has 0 aliphatic carbocycles. The summed E-state index contributed by atoms with van der Waals surface area (Å²) in [5, 5.41) is -0.410. The molecule has 0 saturated heterocycles. The summed E-state index contributed by atoms with van der Waals surface area (Å²) >= 11 is 5.74. The third-order valence-corrected chi connectivity index (χ3v) is 4.75. The molecule has 0 amide bonds. The minimum atomic E-state index is -4.77. The highest BCUT2D eigenvalue weighted by Gasteiger charge is 2.39. The van der Waals surface area contributed by atoms with Crippen molar-refractivity contribution in [2.75, 3.05) is 0 Å². The molecule has 1 rings (SSSR count). The smallest absolute Gasteiger partial charge is 0.207 e. The highest BCUT2D eigenvalue weighted by atomic mass is 35.5. The highest BCUT2D eigenvalue weighted by molar-refractivity contribution is 7.89. The normalized spacial score (nSPS) is 14.5. The fourth-order valence-corrected chi connectivity index (χ4v) is 3.31. The predicted octanol–water partition coefficient (Wildman–Crippen LogP) is 3.83. The standard InChI is InChI=1S/C12H14ClF4NO2S/c1-6(2)8-4-5-9(11(14)10(8)13)21(19,20)18-7(3)12(15,16)17/h4-7,18H,1-3H3/t7-/m0/s1. The van der Waals surface area contributed by atoms with E-state index in [0.717, 1.165) is 6.07 Å². The maximum Gasteiger partial charge on any atom is 0.404 e. The predicted molar refractivity (Wildman–Crippen MR) is 71.3 cm³/mol. The van der Waals surface area contributed by atoms with Crippen molar-refractivity contribution in [1.82, 2.24) is 4.72 Å². The van der Waals surface area contributed by atoms with Crippen LogP contribution in [-0.4, -0.2) is 20.6 Å². The third-order valence-electron chi connectivity index (χ3n) is 2.81. The summed E-state index contributed by atoms with van der Waals surface area (Å²) in [5.74, 6) is -1.42. The van der Waals surface area contributed by atoms with Crippen molar-refractivity contribution in [2.45, 2.75) is 43.8 Å². The zero-order valence-corrected chi connectivity index (χ0v) is 13.0. The van der Waals surface area contributed by atoms with Gasteiger partial charge in [0.25, 0.3) is 0 Å². The van der Waals surface area contributed by atoms with Crippen LogP contribution >= 0.6 is 11.6 Å². The van der Waals surface area contributed by atoms with Gasteiger partial charge in [0.15, 0.2) is 5.82 Å². The van der Waals surface area contributed by atoms with E-state index in [-0.39, 0.29) is 5.92 Å². The Balaban J connectivity index is 3.25. The highest BCUT2D eigenvalue weighted by Crippen LogP contribution is 2.31. The maximum atomic E-state index is 14.0. The lowest BCUT2D eigenvalue weighted by Gasteiger charge is -2.18. The Morgan fingerprint density at radius 2 is 1.71 bits per heavy atom. The average molecular weight is 348 g/mol. The molecule has 0 spiro atoms. The Bertz CT molecular complexity index is 629. The largest absolute Gasteiger partial charge is 0.404 e. The number of halogens is 5. The van der Waals surface area contributed by atoms with E-state index in [0.29, 0.717) is 12.5 Å². The van der Waals surface area contributed by atoms with Gasteiger partial charge in [0.2, 0.25) is 10.0 Å². The number of hydrogen-bond acceptors (Lipinski definition) is 2. The molecule has 0 fully saturated rings. The molecule has 120 valence electrons. The van der Waals surface area contributed by atoms with Gasteiger partial charge in [-0.15, -0.1) is 0 Å². The quantitative estimate of drug-likeness (QED) is 0.841. The molecule has 0 aromatic heterocycles. The van der Waals surface area contributed by atoms with E-state index in [4.69, 9.17) is 11.6 Å². The summed E-state index contributed by atoms with van der Waals surface area (Å²) in [5.41, 5.74) is 0.372. The van der Waals surface area contributed by atoms with E-state index >= 15 is 0 Å². The van der Waals surface area contributed by atoms with Gasteiger partial charge >= 0.3 is 6.18 Å². The van der Waals surface area contributed by atoms with E-state index < -0.39 is 38.0 Å². The molecule has 1 N–H and O–H groups in total. The number of rotatable bonds is 4. The minimum Gasteiger partial charge on any atom is -0.207 e. The van der Waals surface area contributed by atoms with Gasteiger partial charge in [-0.2, -0.15) is 17.9 Å². The van der Waals surface area contributed by atoms with Gasteiger partial charge in [-0.3, -0.25) is 0 Å². The number of benzene rings is 1. The van der Waals surface area contributed by atoms with E-state index in [1.807, 2.05) is 0 Å². The van der Waals surface area contributed by atoms with Gasteiger partial charge in [0.05, 0.1) is 5.02 Å². The Kier molecular flexibility index (Phi) is 5.28. The van der Waals surface area contributed by atoms with Crippen molar-refractivity contribution in [1.29, 1.82) is 0 Å². The molecule has 21 heavy (non-hydrogen) atoms. The molecular formula is C12H14ClF4NO2S. The summed E-state index contributed by atoms with van der Waals surface area (Å²) in [7, 11) is -4.67. The minimum absolute atomic E-state index is 0.161. The monoisotopic (exact) mass is 347 g/mol. The first-order valence-electron chi connectivity index (χ1n) is 5.95. The van der Waals surface area contributed by atoms with Crippen LogP contribution in [0.3, 0.4) is 0 Å². The number of alkyl halides is 3. The van der Waals surface area contributed by atoms with Crippen LogP contribution in [0.4, 0.5) is 17.6 Å². The fraction of sp³-hybridized carbons (Fsp3) is 0.500. The molecule has 0 heterocycles. The molecule has 0 unspecified atom stereocenters. The summed E-state index contributed by atoms with van der Waals surface area (Å²) in [6.07, 6.45) is -4.77. The van der Waals surface area contributed by atoms with Crippen molar-refractivity contribution in [3.05, 3.63) is 28.5 Å². The van der Waals surface area contributed by atoms with Gasteiger partial charge in [-0.05, 0) is 24.5 Å². The molecular weight excluding hydrogens is 334 g/mol. The Labute approximate surface area is 125 Å². The van der Waals surface area contributed by atoms with Crippen LogP contribution in [0.1, 0.15) is 32.3 Å². The Morgan fingerprint density at radius 3 is 2.14 bits per heavy atom. The lowest BCUT2D eigenvalue weighted by Crippen LogP contribution is -2.43. The topological polar surface area (TPSA) is 46.2 Å². The van der Waals surface area contributed by atoms with Crippen molar-refractivity contribution >= 4 is 21.6 Å². The van der Waals surface area contributed by atoms with Crippen LogP contribution in [0.25, 0.3) is 0 Å². The number of nitrogens with one attached hydrogen (secondary N) is 1. The molecule has 0 saturated carbocycles. The molecule has 1 atom stereocenters. The van der Waals surface area contributed by atoms with Gasteiger partial charge < -0.3 is 0 Å². The first-order valence-corrected chi connectivity index (χ1v) is 7.81. The fourth-order valence-electron chi connectivity index (χ4n) is 1.56. The maximum absolute atomic E-state index is 14.0. The molecule has 1 aromatic carbocycles. The van der Waals surface area contributed by atoms with E-state index in [2.05, 4.69) is 0 Å². The summed E-state index contributed by atoms with van der Waals surface area (Å²) < 4.78 is 76.3. The Hall–Kier alpha value is -0.860. The van der Waals surface area contributed by atoms with Crippen LogP contribution in [0.2, 0.25) is 5.02 Å². The lowest BCUT2D eigenvalue weighted by molar-refractivity contribution is -0.147. The van der Waals surface area contributed by atoms with Crippen LogP contribution in [0.5, 0.6) is 0 Å². The van der Waals surface area contributed by atoms with Crippen molar-refractivity contribution in [3.63, 3.8) is 0 Å². The van der Waals surface area contributed by atoms with Crippen LogP contribution in [0.15, 0.2) is 17.0 Å². The van der Waals surface area contributed by atoms with Crippen molar-refractivity contribution in [3.8, 4) is 0 Å². The van der Waals surface area contributed by atoms with E-state index in [1.54, 1.807) is 13.8 Å². The van der Waals surface area contributed by atoms with E-state index in [1.165, 1.54) is 10.8 Å². The SMILES string of the molecule is CC(C)c1ccc(S(=O)(=O)N[C@@H](C)C(F)(F)F)c(F)c1Cl. The van der Waals surface area contributed by atoms with Gasteiger partial charge in [0, 0.05) is 0 Å². The first kappa shape index (κ1) is 18.2. The lowest BCUT2D eigenvalue weighted by atomic mass is 10.0. The Morgan fingerprint density at radius 1 is 1.19 bits per heavy atom. The summed E-state index contributed by atoms with van der Waals surface area (Å²) in [6.45, 7) is 4.07. The molecule has 0 aliphatic heterocycles. The second kappa shape index (κ2) is 6.10. The van der Waals surface area contributed by atoms with E-state index in [9.17, 15) is 26.0 Å². The summed E-state index contributed by atoms with van der Waals surface area (Å²) in [4.78, 5) is -0.909. The number of hydrogen-bond donors (Lipinski definition) is 1. The van der Waals surface area contributed by atoms with Crippen LogP contribution < -0.4 is 4.72 Å². The third kappa shape index (κ3) is 4.08. The van der Waals surface area contributed by atoms with Crippen LogP contribution in [-0.2, 0) is 10.0 Å². The number of sulfonamides is 1. The molecule has 9 heteroatoms. The van der Waals surface area contributed by atoms with Gasteiger partial charge in [-0.1, -0.05) is 31.5 Å². The van der Waals surface area contributed by atoms with Crippen LogP contribution in [0, 0.1) is 5.82 Å². The molecule has 0 bridgehead atoms. The molecule has 0 radical (unpaired) electrons. The molecule has 0 aliphatic rings. The van der Waals surface area contributed by atoms with Gasteiger partial charge in [0.1, 0.15) is 10.9 Å². The zero-order chi connectivity index (χ0) is 16.6. The summed E-state index contributed by atoms with van der Waals surface area (Å²) in [6, 6.07) is -0.157. The zero-order valence-electron chi connectivity index (χ0n) is 11.4. The molecule has 3 nitrogen and oxygen atoms in total. The second-order valence-corrected chi connectivity index (χ2v) is 6.88. The molecule has 1 aromatic rings. The average Bonchev–Trinajstić information content (AvgIpc) is 2.29. The van der Waals surface area contributed by atoms with Gasteiger partial charge in [-0.25, -0.2) is 12.8 Å². The second-order valence-electron chi connectivity index (χ2n) is 4.82. The first-order chi connectivity index (χ1) is 9.38.